The maximum Gasteiger partial charge on any atom is 0.336 e. The molecule has 11 nitrogen and oxygen atoms in total. The summed E-state index contributed by atoms with van der Waals surface area (Å²) in [5.41, 5.74) is -2.41. The quantitative estimate of drug-likeness (QED) is 0.204. The minimum atomic E-state index is -1.22. The summed E-state index contributed by atoms with van der Waals surface area (Å²) in [6.07, 6.45) is 0.607. The number of aliphatic hydroxyl groups is 2. The van der Waals surface area contributed by atoms with Crippen LogP contribution in [-0.4, -0.2) is 46.8 Å². The average molecular weight is 591 g/mol. The molecule has 6 aromatic rings. The molecular weight excluding hydrogens is 560 g/mol. The second-order valence-electron chi connectivity index (χ2n) is 11.4. The molecule has 0 saturated heterocycles. The highest BCUT2D eigenvalue weighted by Crippen LogP contribution is 2.37. The zero-order chi connectivity index (χ0) is 30.5. The number of benzene rings is 2. The molecule has 0 radical (unpaired) electrons. The molecule has 0 bridgehead atoms. The van der Waals surface area contributed by atoms with Crippen molar-refractivity contribution in [3.8, 4) is 11.5 Å². The summed E-state index contributed by atoms with van der Waals surface area (Å²) in [4.78, 5) is 23.8. The Labute approximate surface area is 243 Å². The van der Waals surface area contributed by atoms with E-state index in [4.69, 9.17) is 31.9 Å². The Bertz CT molecular complexity index is 1910. The standard InChI is InChI=1S/C32H30O11/c1-31(2,21(33)15-39-29-25-19(9-11-37-25)13-17-5-7-23(35)41-27(17)29)43-32(3,4)22(34)16-40-30-26-20(10-12-38-26)14-18-6-8-24(36)42-28(18)30/h5-14,21-22,33-34H,15-16H2,1-4H3/t21-,22-/m1/s1. The summed E-state index contributed by atoms with van der Waals surface area (Å²) in [6.45, 7) is 6.16. The Morgan fingerprint density at radius 3 is 1.44 bits per heavy atom. The van der Waals surface area contributed by atoms with E-state index in [-0.39, 0.29) is 35.9 Å². The molecule has 224 valence electrons. The van der Waals surface area contributed by atoms with Crippen LogP contribution < -0.4 is 20.7 Å². The van der Waals surface area contributed by atoms with Crippen molar-refractivity contribution < 1.29 is 42.1 Å². The first-order chi connectivity index (χ1) is 20.4. The van der Waals surface area contributed by atoms with Gasteiger partial charge >= 0.3 is 11.3 Å². The smallest absolute Gasteiger partial charge is 0.336 e. The van der Waals surface area contributed by atoms with E-state index >= 15 is 0 Å². The first-order valence-electron chi connectivity index (χ1n) is 13.6. The summed E-state index contributed by atoms with van der Waals surface area (Å²) in [6, 6.07) is 13.0. The highest BCUT2D eigenvalue weighted by molar-refractivity contribution is 6.00. The van der Waals surface area contributed by atoms with Crippen molar-refractivity contribution in [1.82, 2.24) is 0 Å². The zero-order valence-corrected chi connectivity index (χ0v) is 23.9. The maximum atomic E-state index is 11.9. The van der Waals surface area contributed by atoms with Crippen LogP contribution in [0.3, 0.4) is 0 Å². The van der Waals surface area contributed by atoms with Gasteiger partial charge in [0.15, 0.2) is 22.3 Å². The molecule has 0 unspecified atom stereocenters. The SMILES string of the molecule is CC(C)(OC(C)(C)[C@H](O)COc1c2occc2cc2ccc(=O)oc12)[C@H](O)COc1c2occc2cc2ccc(=O)oc12. The number of fused-ring (bicyclic) bond motifs is 4. The van der Waals surface area contributed by atoms with Gasteiger partial charge in [-0.25, -0.2) is 9.59 Å². The Hall–Kier alpha value is -4.58. The molecule has 0 fully saturated rings. The van der Waals surface area contributed by atoms with E-state index in [0.717, 1.165) is 10.8 Å². The molecule has 2 aromatic carbocycles. The fraction of sp³-hybridized carbons (Fsp3) is 0.312. The molecule has 4 heterocycles. The van der Waals surface area contributed by atoms with Crippen molar-refractivity contribution in [2.24, 2.45) is 0 Å². The number of hydrogen-bond acceptors (Lipinski definition) is 11. The monoisotopic (exact) mass is 590 g/mol. The first kappa shape index (κ1) is 28.5. The van der Waals surface area contributed by atoms with Crippen LogP contribution in [0.15, 0.2) is 88.3 Å². The summed E-state index contributed by atoms with van der Waals surface area (Å²) < 4.78 is 40.1. The van der Waals surface area contributed by atoms with Crippen LogP contribution in [0.5, 0.6) is 11.5 Å². The lowest BCUT2D eigenvalue weighted by Gasteiger charge is -2.41. The lowest BCUT2D eigenvalue weighted by Crippen LogP contribution is -2.53. The Kier molecular flexibility index (Phi) is 7.04. The number of hydrogen-bond donors (Lipinski definition) is 2. The van der Waals surface area contributed by atoms with Crippen LogP contribution in [0.25, 0.3) is 43.9 Å². The molecule has 0 aliphatic carbocycles. The van der Waals surface area contributed by atoms with Crippen LogP contribution in [0.1, 0.15) is 27.7 Å². The highest BCUT2D eigenvalue weighted by Gasteiger charge is 2.40. The molecule has 2 N–H and O–H groups in total. The largest absolute Gasteiger partial charge is 0.483 e. The normalized spacial score (nSPS) is 14.1. The predicted octanol–water partition coefficient (Wildman–Crippen LogP) is 5.15. The fourth-order valence-electron chi connectivity index (χ4n) is 5.01. The van der Waals surface area contributed by atoms with Crippen LogP contribution in [0.4, 0.5) is 0 Å². The number of ether oxygens (including phenoxy) is 3. The molecule has 43 heavy (non-hydrogen) atoms. The Balaban J connectivity index is 1.17. The third kappa shape index (κ3) is 5.38. The Morgan fingerprint density at radius 2 is 1.02 bits per heavy atom. The van der Waals surface area contributed by atoms with Gasteiger partial charge in [-0.15, -0.1) is 0 Å². The van der Waals surface area contributed by atoms with E-state index in [1.807, 2.05) is 12.1 Å². The molecule has 0 aliphatic rings. The highest BCUT2D eigenvalue weighted by atomic mass is 16.6. The van der Waals surface area contributed by atoms with Crippen LogP contribution >= 0.6 is 0 Å². The molecule has 6 rings (SSSR count). The van der Waals surface area contributed by atoms with E-state index in [0.29, 0.717) is 21.9 Å². The summed E-state index contributed by atoms with van der Waals surface area (Å²) in [5, 5.41) is 25.0. The molecule has 11 heteroatoms. The minimum absolute atomic E-state index is 0.184. The fourth-order valence-corrected chi connectivity index (χ4v) is 5.01. The van der Waals surface area contributed by atoms with E-state index in [1.165, 1.54) is 24.7 Å². The number of furan rings is 2. The molecule has 2 atom stereocenters. The van der Waals surface area contributed by atoms with E-state index < -0.39 is 34.7 Å². The van der Waals surface area contributed by atoms with Crippen molar-refractivity contribution in [2.45, 2.75) is 51.1 Å². The van der Waals surface area contributed by atoms with Crippen LogP contribution in [0.2, 0.25) is 0 Å². The van der Waals surface area contributed by atoms with Gasteiger partial charge in [0, 0.05) is 33.7 Å². The van der Waals surface area contributed by atoms with Gasteiger partial charge in [-0.05, 0) is 64.1 Å². The van der Waals surface area contributed by atoms with Crippen molar-refractivity contribution in [1.29, 1.82) is 0 Å². The minimum Gasteiger partial charge on any atom is -0.483 e. The Morgan fingerprint density at radius 1 is 0.628 bits per heavy atom. The van der Waals surface area contributed by atoms with Crippen molar-refractivity contribution in [3.05, 3.63) is 81.9 Å². The second kappa shape index (κ2) is 10.6. The molecule has 0 amide bonds. The predicted molar refractivity (Wildman–Crippen MR) is 157 cm³/mol. The summed E-state index contributed by atoms with van der Waals surface area (Å²) >= 11 is 0. The third-order valence-corrected chi connectivity index (χ3v) is 7.47. The third-order valence-electron chi connectivity index (χ3n) is 7.47. The second-order valence-corrected chi connectivity index (χ2v) is 11.4. The molecular formula is C32H30O11. The summed E-state index contributed by atoms with van der Waals surface area (Å²) in [5.74, 6) is 0.368. The van der Waals surface area contributed by atoms with Gasteiger partial charge in [0.05, 0.1) is 23.7 Å². The number of rotatable bonds is 10. The van der Waals surface area contributed by atoms with Crippen molar-refractivity contribution in [2.75, 3.05) is 13.2 Å². The van der Waals surface area contributed by atoms with Gasteiger partial charge in [0.2, 0.25) is 11.5 Å². The lowest BCUT2D eigenvalue weighted by atomic mass is 9.96. The van der Waals surface area contributed by atoms with E-state index in [9.17, 15) is 19.8 Å². The van der Waals surface area contributed by atoms with Gasteiger partial charge in [0.25, 0.3) is 0 Å². The van der Waals surface area contributed by atoms with Crippen LogP contribution in [-0.2, 0) is 4.74 Å². The lowest BCUT2D eigenvalue weighted by molar-refractivity contribution is -0.212. The molecule has 0 spiro atoms. The van der Waals surface area contributed by atoms with Crippen molar-refractivity contribution in [3.63, 3.8) is 0 Å². The van der Waals surface area contributed by atoms with Gasteiger partial charge in [-0.2, -0.15) is 0 Å². The van der Waals surface area contributed by atoms with Gasteiger partial charge in [-0.3, -0.25) is 0 Å². The average Bonchev–Trinajstić information content (AvgIpc) is 3.62. The van der Waals surface area contributed by atoms with Gasteiger partial charge in [0.1, 0.15) is 25.4 Å². The van der Waals surface area contributed by atoms with Crippen LogP contribution in [0, 0.1) is 0 Å². The zero-order valence-electron chi connectivity index (χ0n) is 23.9. The van der Waals surface area contributed by atoms with Crippen molar-refractivity contribution >= 4 is 43.9 Å². The van der Waals surface area contributed by atoms with Gasteiger partial charge < -0.3 is 42.1 Å². The van der Waals surface area contributed by atoms with E-state index in [2.05, 4.69) is 0 Å². The number of aliphatic hydroxyl groups excluding tert-OH is 2. The topological polar surface area (TPSA) is 155 Å². The first-order valence-corrected chi connectivity index (χ1v) is 13.6. The molecule has 4 aromatic heterocycles. The van der Waals surface area contributed by atoms with E-state index in [1.54, 1.807) is 52.0 Å². The summed E-state index contributed by atoms with van der Waals surface area (Å²) in [7, 11) is 0. The van der Waals surface area contributed by atoms with Gasteiger partial charge in [-0.1, -0.05) is 0 Å². The molecule has 0 saturated carbocycles. The maximum absolute atomic E-state index is 11.9. The molecule has 0 aliphatic heterocycles.